The Morgan fingerprint density at radius 1 is 0.647 bits per heavy atom. The third-order valence-corrected chi connectivity index (χ3v) is 16.4. The molecular weight excluding hydrogens is 679 g/mol. The van der Waals surface area contributed by atoms with Gasteiger partial charge in [-0.3, -0.25) is 0 Å². The minimum atomic E-state index is -4.19. The lowest BCUT2D eigenvalue weighted by Crippen LogP contribution is -2.71. The molecule has 0 spiro atoms. The maximum absolute atomic E-state index is 15.0. The minimum absolute atomic E-state index is 0.0809. The Labute approximate surface area is 305 Å². The van der Waals surface area contributed by atoms with Crippen LogP contribution in [0.1, 0.15) is 43.0 Å². The second-order valence-electron chi connectivity index (χ2n) is 14.7. The van der Waals surface area contributed by atoms with Gasteiger partial charge in [-0.2, -0.15) is 4.31 Å². The van der Waals surface area contributed by atoms with Gasteiger partial charge >= 0.3 is 0 Å². The highest BCUT2D eigenvalue weighted by Gasteiger charge is 2.57. The van der Waals surface area contributed by atoms with Crippen LogP contribution in [0.3, 0.4) is 0 Å². The fourth-order valence-electron chi connectivity index (χ4n) is 5.98. The number of nitrogens with zero attached hydrogens (tertiary/aromatic N) is 1. The zero-order valence-corrected chi connectivity index (χ0v) is 32.7. The Morgan fingerprint density at radius 3 is 1.51 bits per heavy atom. The molecule has 51 heavy (non-hydrogen) atoms. The molecule has 1 aliphatic heterocycles. The van der Waals surface area contributed by atoms with E-state index < -0.39 is 48.9 Å². The zero-order valence-electron chi connectivity index (χ0n) is 30.9. The first-order chi connectivity index (χ1) is 24.3. The van der Waals surface area contributed by atoms with Crippen molar-refractivity contribution in [2.75, 3.05) is 13.7 Å². The van der Waals surface area contributed by atoms with E-state index in [-0.39, 0.29) is 36.4 Å². The summed E-state index contributed by atoms with van der Waals surface area (Å²) in [6.07, 6.45) is -3.47. The number of hydrogen-bond donors (Lipinski definition) is 0. The van der Waals surface area contributed by atoms with E-state index in [0.29, 0.717) is 0 Å². The van der Waals surface area contributed by atoms with Crippen LogP contribution < -0.4 is 0 Å². The summed E-state index contributed by atoms with van der Waals surface area (Å²) in [4.78, 5) is 0.153. The lowest BCUT2D eigenvalue weighted by molar-refractivity contribution is -0.250. The van der Waals surface area contributed by atoms with Crippen LogP contribution >= 0.6 is 0 Å². The molecule has 0 bridgehead atoms. The quantitative estimate of drug-likeness (QED) is 0.114. The number of rotatable bonds is 15. The summed E-state index contributed by atoms with van der Waals surface area (Å²) in [5.74, 6) is 0. The molecule has 1 fully saturated rings. The lowest BCUT2D eigenvalue weighted by atomic mass is 9.93. The number of methoxy groups -OCH3 is 1. The van der Waals surface area contributed by atoms with Gasteiger partial charge in [0, 0.05) is 7.11 Å². The number of sulfonamides is 1. The Kier molecular flexibility index (Phi) is 13.1. The fourth-order valence-corrected chi connectivity index (χ4v) is 8.74. The molecule has 5 atom stereocenters. The SMILES string of the molecule is CO[C@@H]1[C@@H](OCc2ccccc2)[C@@H](OCc2ccccc2)[C@H](OCc2ccccc2)[C@H](CO[Si](C)(C)C(C)(C)C)N1S(=O)(=O)c1ccc(C)cc1. The number of hydrogen-bond acceptors (Lipinski definition) is 7. The van der Waals surface area contributed by atoms with Crippen molar-refractivity contribution in [3.8, 4) is 0 Å². The van der Waals surface area contributed by atoms with Gasteiger partial charge in [0.15, 0.2) is 14.5 Å². The largest absolute Gasteiger partial charge is 0.415 e. The smallest absolute Gasteiger partial charge is 0.245 e. The van der Waals surface area contributed by atoms with E-state index in [1.807, 2.05) is 97.9 Å². The first-order valence-electron chi connectivity index (χ1n) is 17.6. The second kappa shape index (κ2) is 17.1. The van der Waals surface area contributed by atoms with E-state index in [1.165, 1.54) is 11.4 Å². The molecule has 4 aromatic carbocycles. The molecule has 8 nitrogen and oxygen atoms in total. The van der Waals surface area contributed by atoms with Crippen LogP contribution in [0, 0.1) is 6.92 Å². The van der Waals surface area contributed by atoms with Crippen LogP contribution in [0.15, 0.2) is 120 Å². The third-order valence-electron chi connectivity index (χ3n) is 10.0. The maximum atomic E-state index is 15.0. The van der Waals surface area contributed by atoms with E-state index >= 15 is 0 Å². The van der Waals surface area contributed by atoms with Crippen molar-refractivity contribution in [2.24, 2.45) is 0 Å². The van der Waals surface area contributed by atoms with Crippen molar-refractivity contribution in [3.63, 3.8) is 0 Å². The van der Waals surface area contributed by atoms with Gasteiger partial charge in [-0.15, -0.1) is 0 Å². The minimum Gasteiger partial charge on any atom is -0.415 e. The number of piperidine rings is 1. The molecule has 0 unspecified atom stereocenters. The first kappa shape index (κ1) is 39.0. The van der Waals surface area contributed by atoms with Crippen molar-refractivity contribution >= 4 is 18.3 Å². The van der Waals surface area contributed by atoms with Crippen LogP contribution in [0.4, 0.5) is 0 Å². The van der Waals surface area contributed by atoms with Gasteiger partial charge < -0.3 is 23.4 Å². The highest BCUT2D eigenvalue weighted by atomic mass is 32.2. The number of aryl methyl sites for hydroxylation is 1. The summed E-state index contributed by atoms with van der Waals surface area (Å²) in [5, 5.41) is -0.117. The van der Waals surface area contributed by atoms with Crippen molar-refractivity contribution < 1.29 is 31.8 Å². The molecule has 274 valence electrons. The van der Waals surface area contributed by atoms with Crippen LogP contribution in [-0.4, -0.2) is 65.3 Å². The molecule has 5 rings (SSSR count). The highest BCUT2D eigenvalue weighted by molar-refractivity contribution is 7.89. The second-order valence-corrected chi connectivity index (χ2v) is 21.3. The molecule has 0 N–H and O–H groups in total. The monoisotopic (exact) mass is 731 g/mol. The van der Waals surface area contributed by atoms with Gasteiger partial charge in [-0.1, -0.05) is 129 Å². The summed E-state index contributed by atoms with van der Waals surface area (Å²) >= 11 is 0. The summed E-state index contributed by atoms with van der Waals surface area (Å²) in [6.45, 7) is 13.6. The molecule has 10 heteroatoms. The molecule has 1 saturated heterocycles. The van der Waals surface area contributed by atoms with Gasteiger partial charge in [0.25, 0.3) is 0 Å². The predicted molar refractivity (Wildman–Crippen MR) is 203 cm³/mol. The molecule has 0 saturated carbocycles. The molecule has 0 radical (unpaired) electrons. The summed E-state index contributed by atoms with van der Waals surface area (Å²) < 4.78 is 64.8. The van der Waals surface area contributed by atoms with Crippen LogP contribution in [0.25, 0.3) is 0 Å². The summed E-state index contributed by atoms with van der Waals surface area (Å²) in [5.41, 5.74) is 3.81. The van der Waals surface area contributed by atoms with Crippen molar-refractivity contribution in [3.05, 3.63) is 138 Å². The standard InChI is InChI=1S/C41H53NO7SSi/c1-31-23-25-35(26-24-31)50(43,44)42-36(30-49-51(6,7)41(2,3)4)37(46-27-32-17-11-8-12-18-32)38(47-28-33-19-13-9-14-20-33)39(40(42)45-5)48-29-34-21-15-10-16-22-34/h8-26,36-40H,27-30H2,1-7H3/t36-,37+,38-,39-,40+/m0/s1. The Morgan fingerprint density at radius 2 is 1.08 bits per heavy atom. The van der Waals surface area contributed by atoms with E-state index in [0.717, 1.165) is 22.3 Å². The van der Waals surface area contributed by atoms with Crippen LogP contribution in [0.5, 0.6) is 0 Å². The number of benzene rings is 4. The van der Waals surface area contributed by atoms with Crippen LogP contribution in [-0.2, 0) is 53.2 Å². The zero-order chi connectivity index (χ0) is 36.6. The molecule has 0 amide bonds. The van der Waals surface area contributed by atoms with E-state index in [9.17, 15) is 8.42 Å². The molecule has 0 aromatic heterocycles. The average molecular weight is 732 g/mol. The fraction of sp³-hybridized carbons (Fsp3) is 0.415. The van der Waals surface area contributed by atoms with Crippen molar-refractivity contribution in [2.45, 2.75) is 101 Å². The number of ether oxygens (including phenoxy) is 4. The topological polar surface area (TPSA) is 83.5 Å². The van der Waals surface area contributed by atoms with Crippen LogP contribution in [0.2, 0.25) is 18.1 Å². The normalized spacial score (nSPS) is 21.8. The van der Waals surface area contributed by atoms with Gasteiger partial charge in [0.05, 0.1) is 37.4 Å². The van der Waals surface area contributed by atoms with Gasteiger partial charge in [-0.05, 0) is 53.9 Å². The highest BCUT2D eigenvalue weighted by Crippen LogP contribution is 2.40. The molecule has 1 heterocycles. The lowest BCUT2D eigenvalue weighted by Gasteiger charge is -2.52. The van der Waals surface area contributed by atoms with Gasteiger partial charge in [-0.25, -0.2) is 8.42 Å². The van der Waals surface area contributed by atoms with E-state index in [4.69, 9.17) is 23.4 Å². The molecule has 1 aliphatic rings. The molecule has 0 aliphatic carbocycles. The Balaban J connectivity index is 1.65. The van der Waals surface area contributed by atoms with E-state index in [2.05, 4.69) is 33.9 Å². The maximum Gasteiger partial charge on any atom is 0.245 e. The molecule has 4 aromatic rings. The van der Waals surface area contributed by atoms with Crippen molar-refractivity contribution in [1.29, 1.82) is 0 Å². The van der Waals surface area contributed by atoms with Gasteiger partial charge in [0.2, 0.25) is 10.0 Å². The predicted octanol–water partition coefficient (Wildman–Crippen LogP) is 8.12. The average Bonchev–Trinajstić information content (AvgIpc) is 3.12. The third kappa shape index (κ3) is 9.63. The summed E-state index contributed by atoms with van der Waals surface area (Å²) in [7, 11) is -5.04. The van der Waals surface area contributed by atoms with E-state index in [1.54, 1.807) is 24.3 Å². The van der Waals surface area contributed by atoms with Crippen molar-refractivity contribution in [1.82, 2.24) is 4.31 Å². The Bertz CT molecular complexity index is 1750. The molecular formula is C41H53NO7SSi. The summed E-state index contributed by atoms with van der Waals surface area (Å²) in [6, 6.07) is 35.6. The Hall–Kier alpha value is -3.19. The van der Waals surface area contributed by atoms with Gasteiger partial charge in [0.1, 0.15) is 18.3 Å². The first-order valence-corrected chi connectivity index (χ1v) is 21.9.